The SMILES string of the molecule is CC1(C(N)=NO)CCN(S(=O)(=O)CC2CCCCC2)CC1. The van der Waals surface area contributed by atoms with Crippen LogP contribution in [0.3, 0.4) is 0 Å². The molecule has 0 spiro atoms. The lowest BCUT2D eigenvalue weighted by atomic mass is 9.80. The lowest BCUT2D eigenvalue weighted by molar-refractivity contribution is 0.228. The van der Waals surface area contributed by atoms with E-state index in [-0.39, 0.29) is 11.6 Å². The van der Waals surface area contributed by atoms with Crippen LogP contribution in [-0.4, -0.2) is 42.6 Å². The highest BCUT2D eigenvalue weighted by Gasteiger charge is 2.38. The van der Waals surface area contributed by atoms with Gasteiger partial charge in [0.15, 0.2) is 0 Å². The third-order valence-electron chi connectivity index (χ3n) is 5.12. The zero-order chi connectivity index (χ0) is 15.5. The first kappa shape index (κ1) is 16.5. The minimum atomic E-state index is -3.18. The molecule has 0 bridgehead atoms. The molecular weight excluding hydrogens is 290 g/mol. The number of amidine groups is 1. The Bertz CT molecular complexity index is 476. The maximum Gasteiger partial charge on any atom is 0.214 e. The predicted octanol–water partition coefficient (Wildman–Crippen LogP) is 1.74. The Morgan fingerprint density at radius 1 is 1.29 bits per heavy atom. The van der Waals surface area contributed by atoms with Crippen LogP contribution in [0.1, 0.15) is 51.9 Å². The topological polar surface area (TPSA) is 96.0 Å². The summed E-state index contributed by atoms with van der Waals surface area (Å²) < 4.78 is 26.6. The molecule has 0 aromatic rings. The summed E-state index contributed by atoms with van der Waals surface area (Å²) in [5.74, 6) is 0.806. The van der Waals surface area contributed by atoms with Gasteiger partial charge in [-0.1, -0.05) is 31.3 Å². The molecule has 1 heterocycles. The first-order chi connectivity index (χ1) is 9.87. The lowest BCUT2D eigenvalue weighted by Gasteiger charge is -2.38. The first-order valence-corrected chi connectivity index (χ1v) is 9.44. The summed E-state index contributed by atoms with van der Waals surface area (Å²) >= 11 is 0. The Balaban J connectivity index is 1.94. The van der Waals surface area contributed by atoms with Gasteiger partial charge < -0.3 is 10.9 Å². The van der Waals surface area contributed by atoms with Gasteiger partial charge in [0.2, 0.25) is 10.0 Å². The smallest absolute Gasteiger partial charge is 0.214 e. The van der Waals surface area contributed by atoms with Crippen LogP contribution in [0, 0.1) is 11.3 Å². The Morgan fingerprint density at radius 3 is 2.38 bits per heavy atom. The van der Waals surface area contributed by atoms with Crippen LogP contribution in [0.4, 0.5) is 0 Å². The quantitative estimate of drug-likeness (QED) is 0.357. The number of rotatable bonds is 4. The molecule has 1 saturated heterocycles. The van der Waals surface area contributed by atoms with E-state index in [1.54, 1.807) is 4.31 Å². The van der Waals surface area contributed by atoms with E-state index in [9.17, 15) is 8.42 Å². The van der Waals surface area contributed by atoms with Gasteiger partial charge in [-0.3, -0.25) is 0 Å². The molecule has 2 aliphatic rings. The molecule has 0 amide bonds. The second-order valence-electron chi connectivity index (χ2n) is 6.73. The van der Waals surface area contributed by atoms with Crippen LogP contribution < -0.4 is 5.73 Å². The first-order valence-electron chi connectivity index (χ1n) is 7.83. The summed E-state index contributed by atoms with van der Waals surface area (Å²) in [6.07, 6.45) is 6.82. The van der Waals surface area contributed by atoms with Crippen molar-refractivity contribution in [3.05, 3.63) is 0 Å². The van der Waals surface area contributed by atoms with Crippen LogP contribution in [0.25, 0.3) is 0 Å². The molecule has 2 rings (SSSR count). The average Bonchev–Trinajstić information content (AvgIpc) is 2.47. The monoisotopic (exact) mass is 317 g/mol. The molecule has 1 aliphatic carbocycles. The van der Waals surface area contributed by atoms with Gasteiger partial charge in [0.25, 0.3) is 0 Å². The Kier molecular flexibility index (Phi) is 5.14. The normalized spacial score (nSPS) is 25.9. The van der Waals surface area contributed by atoms with Crippen molar-refractivity contribution in [1.82, 2.24) is 4.31 Å². The number of nitrogens with two attached hydrogens (primary N) is 1. The van der Waals surface area contributed by atoms with Gasteiger partial charge in [-0.05, 0) is 31.6 Å². The third-order valence-corrected chi connectivity index (χ3v) is 7.16. The Morgan fingerprint density at radius 2 is 1.86 bits per heavy atom. The molecule has 0 radical (unpaired) electrons. The fourth-order valence-electron chi connectivity index (χ4n) is 3.39. The summed E-state index contributed by atoms with van der Waals surface area (Å²) in [6.45, 7) is 2.84. The van der Waals surface area contributed by atoms with Crippen LogP contribution in [0.2, 0.25) is 0 Å². The standard InChI is InChI=1S/C14H27N3O3S/c1-14(13(15)16-18)7-9-17(10-8-14)21(19,20)11-12-5-3-2-4-6-12/h12,18H,2-11H2,1H3,(H2,15,16). The summed E-state index contributed by atoms with van der Waals surface area (Å²) in [5.41, 5.74) is 5.32. The molecule has 122 valence electrons. The van der Waals surface area contributed by atoms with Gasteiger partial charge in [0.05, 0.1) is 5.75 Å². The molecular formula is C14H27N3O3S. The van der Waals surface area contributed by atoms with E-state index in [2.05, 4.69) is 5.16 Å². The lowest BCUT2D eigenvalue weighted by Crippen LogP contribution is -2.48. The van der Waals surface area contributed by atoms with Crippen molar-refractivity contribution in [1.29, 1.82) is 0 Å². The van der Waals surface area contributed by atoms with Gasteiger partial charge in [-0.2, -0.15) is 0 Å². The van der Waals surface area contributed by atoms with Gasteiger partial charge in [-0.25, -0.2) is 12.7 Å². The zero-order valence-electron chi connectivity index (χ0n) is 12.8. The molecule has 2 fully saturated rings. The maximum atomic E-state index is 12.5. The van der Waals surface area contributed by atoms with Crippen molar-refractivity contribution in [3.8, 4) is 0 Å². The number of sulfonamides is 1. The fraction of sp³-hybridized carbons (Fsp3) is 0.929. The van der Waals surface area contributed by atoms with Crippen LogP contribution in [-0.2, 0) is 10.0 Å². The molecule has 0 atom stereocenters. The van der Waals surface area contributed by atoms with E-state index >= 15 is 0 Å². The van der Waals surface area contributed by atoms with Crippen molar-refractivity contribution in [2.45, 2.75) is 51.9 Å². The van der Waals surface area contributed by atoms with Crippen LogP contribution >= 0.6 is 0 Å². The van der Waals surface area contributed by atoms with Crippen molar-refractivity contribution < 1.29 is 13.6 Å². The van der Waals surface area contributed by atoms with E-state index in [0.717, 1.165) is 25.7 Å². The average molecular weight is 317 g/mol. The van der Waals surface area contributed by atoms with Gasteiger partial charge in [-0.15, -0.1) is 0 Å². The highest BCUT2D eigenvalue weighted by molar-refractivity contribution is 7.89. The summed E-state index contributed by atoms with van der Waals surface area (Å²) in [7, 11) is -3.18. The van der Waals surface area contributed by atoms with E-state index < -0.39 is 15.4 Å². The summed E-state index contributed by atoms with van der Waals surface area (Å²) in [4.78, 5) is 0. The van der Waals surface area contributed by atoms with E-state index in [1.807, 2.05) is 6.92 Å². The van der Waals surface area contributed by atoms with Crippen molar-refractivity contribution in [2.75, 3.05) is 18.8 Å². The molecule has 0 aromatic carbocycles. The summed E-state index contributed by atoms with van der Waals surface area (Å²) in [5, 5.41) is 11.9. The second kappa shape index (κ2) is 6.52. The van der Waals surface area contributed by atoms with Crippen molar-refractivity contribution >= 4 is 15.9 Å². The van der Waals surface area contributed by atoms with Gasteiger partial charge in [0.1, 0.15) is 5.84 Å². The molecule has 1 saturated carbocycles. The van der Waals surface area contributed by atoms with E-state index in [1.165, 1.54) is 6.42 Å². The number of hydrogen-bond donors (Lipinski definition) is 2. The van der Waals surface area contributed by atoms with Gasteiger partial charge in [0, 0.05) is 18.5 Å². The number of hydrogen-bond acceptors (Lipinski definition) is 4. The molecule has 0 aromatic heterocycles. The van der Waals surface area contributed by atoms with E-state index in [4.69, 9.17) is 10.9 Å². The van der Waals surface area contributed by atoms with Gasteiger partial charge >= 0.3 is 0 Å². The maximum absolute atomic E-state index is 12.5. The van der Waals surface area contributed by atoms with Crippen molar-refractivity contribution in [2.24, 2.45) is 22.2 Å². The largest absolute Gasteiger partial charge is 0.409 e. The molecule has 7 heteroatoms. The van der Waals surface area contributed by atoms with Crippen LogP contribution in [0.5, 0.6) is 0 Å². The number of piperidine rings is 1. The minimum absolute atomic E-state index is 0.201. The van der Waals surface area contributed by atoms with E-state index in [0.29, 0.717) is 31.8 Å². The Hall–Kier alpha value is -0.820. The second-order valence-corrected chi connectivity index (χ2v) is 8.74. The summed E-state index contributed by atoms with van der Waals surface area (Å²) in [6, 6.07) is 0. The van der Waals surface area contributed by atoms with Crippen LogP contribution in [0.15, 0.2) is 5.16 Å². The highest BCUT2D eigenvalue weighted by atomic mass is 32.2. The minimum Gasteiger partial charge on any atom is -0.409 e. The Labute approximate surface area is 127 Å². The predicted molar refractivity (Wildman–Crippen MR) is 82.7 cm³/mol. The third kappa shape index (κ3) is 3.88. The molecule has 21 heavy (non-hydrogen) atoms. The molecule has 6 nitrogen and oxygen atoms in total. The molecule has 0 unspecified atom stereocenters. The highest BCUT2D eigenvalue weighted by Crippen LogP contribution is 2.33. The van der Waals surface area contributed by atoms with Crippen molar-refractivity contribution in [3.63, 3.8) is 0 Å². The molecule has 3 N–H and O–H groups in total. The molecule has 1 aliphatic heterocycles. The fourth-order valence-corrected chi connectivity index (χ4v) is 5.27. The number of oxime groups is 1. The number of nitrogens with zero attached hydrogens (tertiary/aromatic N) is 2. The zero-order valence-corrected chi connectivity index (χ0v) is 13.6.